The number of Topliss-reactive ketones (excluding diaryl/α,β-unsaturated/α-hetero) is 1. The molecule has 9 heteroatoms. The number of hydrogen-bond acceptors (Lipinski definition) is 6. The van der Waals surface area contributed by atoms with Crippen LogP contribution in [0.4, 0.5) is 5.69 Å². The molecule has 3 rings (SSSR count). The molecule has 3 N–H and O–H groups in total. The summed E-state index contributed by atoms with van der Waals surface area (Å²) in [4.78, 5) is 27.1. The summed E-state index contributed by atoms with van der Waals surface area (Å²) in [5.74, 6) is 0.112. The molecule has 0 radical (unpaired) electrons. The smallest absolute Gasteiger partial charge is 0.361 e. The Hall–Kier alpha value is -3.49. The molecular formula is C16H16N6O3. The van der Waals surface area contributed by atoms with Gasteiger partial charge in [0.05, 0.1) is 11.3 Å². The van der Waals surface area contributed by atoms with Crippen LogP contribution in [0.15, 0.2) is 24.3 Å². The zero-order valence-electron chi connectivity index (χ0n) is 13.9. The number of benzene rings is 1. The lowest BCUT2D eigenvalue weighted by molar-refractivity contribution is 0.101. The number of hydrogen-bond donors (Lipinski definition) is 3. The van der Waals surface area contributed by atoms with Gasteiger partial charge in [-0.05, 0) is 48.9 Å². The first-order valence-corrected chi connectivity index (χ1v) is 7.48. The SMILES string of the molecule is CC(=O)c1[nH]c(C)c(C(=O)Nc2ccc(Oc3nn[nH]n3)cc2)c1C. The molecular weight excluding hydrogens is 324 g/mol. The standard InChI is InChI=1S/C16H16N6O3/c1-8-13(9(2)17-14(8)10(3)23)15(24)18-11-4-6-12(7-5-11)25-16-19-21-22-20-16/h4-7,17H,1-3H3,(H,18,24)(H,19,20,21,22). The molecule has 3 aromatic rings. The molecule has 2 aromatic heterocycles. The molecule has 1 aromatic carbocycles. The third-order valence-electron chi connectivity index (χ3n) is 3.66. The van der Waals surface area contributed by atoms with Crippen molar-refractivity contribution in [3.63, 3.8) is 0 Å². The lowest BCUT2D eigenvalue weighted by Crippen LogP contribution is -2.13. The van der Waals surface area contributed by atoms with Crippen molar-refractivity contribution < 1.29 is 14.3 Å². The molecule has 2 heterocycles. The quantitative estimate of drug-likeness (QED) is 0.612. The van der Waals surface area contributed by atoms with Crippen LogP contribution in [0, 0.1) is 13.8 Å². The van der Waals surface area contributed by atoms with Crippen LogP contribution >= 0.6 is 0 Å². The molecule has 0 aliphatic rings. The first-order valence-electron chi connectivity index (χ1n) is 7.48. The number of carbonyl (C=O) groups is 2. The van der Waals surface area contributed by atoms with Crippen LogP contribution in [0.5, 0.6) is 11.8 Å². The molecule has 0 aliphatic heterocycles. The third-order valence-corrected chi connectivity index (χ3v) is 3.66. The number of aromatic nitrogens is 5. The normalized spacial score (nSPS) is 10.5. The minimum absolute atomic E-state index is 0.104. The van der Waals surface area contributed by atoms with Gasteiger partial charge in [0.25, 0.3) is 5.91 Å². The second-order valence-corrected chi connectivity index (χ2v) is 5.46. The van der Waals surface area contributed by atoms with Crippen molar-refractivity contribution in [3.05, 3.63) is 46.8 Å². The summed E-state index contributed by atoms with van der Waals surface area (Å²) in [7, 11) is 0. The number of rotatable bonds is 5. The number of aromatic amines is 2. The molecule has 0 fully saturated rings. The van der Waals surface area contributed by atoms with E-state index in [2.05, 4.69) is 30.9 Å². The fourth-order valence-corrected chi connectivity index (χ4v) is 2.54. The molecule has 128 valence electrons. The molecule has 1 amide bonds. The van der Waals surface area contributed by atoms with Gasteiger partial charge >= 0.3 is 6.01 Å². The van der Waals surface area contributed by atoms with E-state index in [4.69, 9.17) is 4.74 Å². The van der Waals surface area contributed by atoms with E-state index in [1.54, 1.807) is 38.1 Å². The van der Waals surface area contributed by atoms with Crippen LogP contribution in [-0.4, -0.2) is 37.3 Å². The lowest BCUT2D eigenvalue weighted by atomic mass is 10.1. The van der Waals surface area contributed by atoms with Gasteiger partial charge in [-0.15, -0.1) is 0 Å². The van der Waals surface area contributed by atoms with Crippen LogP contribution in [0.3, 0.4) is 0 Å². The second-order valence-electron chi connectivity index (χ2n) is 5.46. The van der Waals surface area contributed by atoms with Crippen LogP contribution < -0.4 is 10.1 Å². The van der Waals surface area contributed by atoms with Crippen molar-refractivity contribution in [1.82, 2.24) is 25.6 Å². The number of tetrazole rings is 1. The number of nitrogens with zero attached hydrogens (tertiary/aromatic N) is 3. The van der Waals surface area contributed by atoms with E-state index in [0.29, 0.717) is 34.0 Å². The minimum Gasteiger partial charge on any atom is -0.422 e. The van der Waals surface area contributed by atoms with Crippen LogP contribution in [0.1, 0.15) is 39.0 Å². The van der Waals surface area contributed by atoms with Crippen LogP contribution in [-0.2, 0) is 0 Å². The topological polar surface area (TPSA) is 126 Å². The Morgan fingerprint density at radius 3 is 2.44 bits per heavy atom. The number of H-pyrrole nitrogens is 2. The van der Waals surface area contributed by atoms with Gasteiger partial charge in [0, 0.05) is 18.3 Å². The lowest BCUT2D eigenvalue weighted by Gasteiger charge is -2.07. The van der Waals surface area contributed by atoms with Crippen molar-refractivity contribution in [2.75, 3.05) is 5.32 Å². The largest absolute Gasteiger partial charge is 0.422 e. The summed E-state index contributed by atoms with van der Waals surface area (Å²) in [6.07, 6.45) is 0. The maximum atomic E-state index is 12.5. The highest BCUT2D eigenvalue weighted by molar-refractivity contribution is 6.08. The van der Waals surface area contributed by atoms with Gasteiger partial charge in [0.15, 0.2) is 5.78 Å². The van der Waals surface area contributed by atoms with E-state index >= 15 is 0 Å². The summed E-state index contributed by atoms with van der Waals surface area (Å²) in [6.45, 7) is 4.97. The Bertz CT molecular complexity index is 912. The Kier molecular flexibility index (Phi) is 4.29. The maximum Gasteiger partial charge on any atom is 0.361 e. The van der Waals surface area contributed by atoms with Crippen molar-refractivity contribution in [2.45, 2.75) is 20.8 Å². The van der Waals surface area contributed by atoms with Gasteiger partial charge in [0.1, 0.15) is 5.75 Å². The second kappa shape index (κ2) is 6.56. The van der Waals surface area contributed by atoms with E-state index in [9.17, 15) is 9.59 Å². The Morgan fingerprint density at radius 2 is 1.88 bits per heavy atom. The summed E-state index contributed by atoms with van der Waals surface area (Å²) in [5, 5.41) is 15.9. The molecule has 0 saturated heterocycles. The average Bonchev–Trinajstić information content (AvgIpc) is 3.17. The summed E-state index contributed by atoms with van der Waals surface area (Å²) < 4.78 is 5.36. The number of carbonyl (C=O) groups excluding carboxylic acids is 2. The van der Waals surface area contributed by atoms with Crippen LogP contribution in [0.25, 0.3) is 0 Å². The molecule has 0 spiro atoms. The monoisotopic (exact) mass is 340 g/mol. The molecule has 0 saturated carbocycles. The number of amides is 1. The summed E-state index contributed by atoms with van der Waals surface area (Å²) in [6, 6.07) is 6.83. The number of ketones is 1. The Balaban J connectivity index is 1.74. The average molecular weight is 340 g/mol. The molecule has 0 aliphatic carbocycles. The Labute approximate surface area is 142 Å². The fourth-order valence-electron chi connectivity index (χ4n) is 2.54. The van der Waals surface area contributed by atoms with Gasteiger partial charge < -0.3 is 15.0 Å². The highest BCUT2D eigenvalue weighted by Crippen LogP contribution is 2.22. The van der Waals surface area contributed by atoms with Gasteiger partial charge in [-0.25, -0.2) is 0 Å². The first-order chi connectivity index (χ1) is 12.0. The van der Waals surface area contributed by atoms with Gasteiger partial charge in [-0.3, -0.25) is 9.59 Å². The molecule has 0 bridgehead atoms. The summed E-state index contributed by atoms with van der Waals surface area (Å²) >= 11 is 0. The predicted molar refractivity (Wildman–Crippen MR) is 88.9 cm³/mol. The van der Waals surface area contributed by atoms with Crippen LogP contribution in [0.2, 0.25) is 0 Å². The number of aryl methyl sites for hydroxylation is 1. The number of ether oxygens (including phenoxy) is 1. The van der Waals surface area contributed by atoms with E-state index in [1.165, 1.54) is 6.92 Å². The first kappa shape index (κ1) is 16.4. The minimum atomic E-state index is -0.286. The zero-order valence-corrected chi connectivity index (χ0v) is 13.9. The van der Waals surface area contributed by atoms with E-state index in [1.807, 2.05) is 0 Å². The Morgan fingerprint density at radius 1 is 1.16 bits per heavy atom. The van der Waals surface area contributed by atoms with Gasteiger partial charge in [-0.2, -0.15) is 5.21 Å². The molecule has 0 unspecified atom stereocenters. The highest BCUT2D eigenvalue weighted by Gasteiger charge is 2.20. The van der Waals surface area contributed by atoms with Crippen molar-refractivity contribution in [2.24, 2.45) is 0 Å². The number of anilines is 1. The van der Waals surface area contributed by atoms with E-state index in [-0.39, 0.29) is 17.7 Å². The van der Waals surface area contributed by atoms with Gasteiger partial charge in [-0.1, -0.05) is 10.2 Å². The van der Waals surface area contributed by atoms with E-state index in [0.717, 1.165) is 0 Å². The zero-order chi connectivity index (χ0) is 18.0. The molecule has 0 atom stereocenters. The molecule has 25 heavy (non-hydrogen) atoms. The predicted octanol–water partition coefficient (Wildman–Crippen LogP) is 2.39. The third kappa shape index (κ3) is 3.39. The fraction of sp³-hybridized carbons (Fsp3) is 0.188. The van der Waals surface area contributed by atoms with E-state index < -0.39 is 0 Å². The highest BCUT2D eigenvalue weighted by atomic mass is 16.5. The van der Waals surface area contributed by atoms with Crippen molar-refractivity contribution in [1.29, 1.82) is 0 Å². The molecule has 9 nitrogen and oxygen atoms in total. The van der Waals surface area contributed by atoms with Crippen molar-refractivity contribution in [3.8, 4) is 11.8 Å². The maximum absolute atomic E-state index is 12.5. The summed E-state index contributed by atoms with van der Waals surface area (Å²) in [5.41, 5.74) is 2.80. The number of nitrogens with one attached hydrogen (secondary N) is 3. The van der Waals surface area contributed by atoms with Gasteiger partial charge in [0.2, 0.25) is 0 Å². The van der Waals surface area contributed by atoms with Crippen molar-refractivity contribution >= 4 is 17.4 Å².